The molecule has 0 radical (unpaired) electrons. The molecule has 2 heterocycles. The van der Waals surface area contributed by atoms with Crippen molar-refractivity contribution in [2.24, 2.45) is 0 Å². The molecule has 17 heavy (non-hydrogen) atoms. The van der Waals surface area contributed by atoms with Gasteiger partial charge in [0.1, 0.15) is 5.82 Å². The highest BCUT2D eigenvalue weighted by Crippen LogP contribution is 2.38. The van der Waals surface area contributed by atoms with Crippen LogP contribution < -0.4 is 10.6 Å². The Labute approximate surface area is 107 Å². The molecule has 92 valence electrons. The second kappa shape index (κ2) is 4.37. The number of hydrogen-bond donors (Lipinski definition) is 2. The van der Waals surface area contributed by atoms with Crippen LogP contribution in [-0.4, -0.2) is 17.1 Å². The van der Waals surface area contributed by atoms with E-state index in [1.165, 1.54) is 38.5 Å². The summed E-state index contributed by atoms with van der Waals surface area (Å²) in [6, 6.07) is 1.96. The Hall–Kier alpha value is -0.960. The van der Waals surface area contributed by atoms with Gasteiger partial charge in [0.05, 0.1) is 10.7 Å². The third-order valence-corrected chi connectivity index (χ3v) is 4.17. The topological polar surface area (TPSA) is 37.0 Å². The summed E-state index contributed by atoms with van der Waals surface area (Å²) < 4.78 is 0. The molecule has 0 unspecified atom stereocenters. The van der Waals surface area contributed by atoms with Gasteiger partial charge < -0.3 is 10.6 Å². The lowest BCUT2D eigenvalue weighted by Gasteiger charge is -2.37. The van der Waals surface area contributed by atoms with Crippen LogP contribution in [0.2, 0.25) is 5.02 Å². The lowest BCUT2D eigenvalue weighted by Crippen LogP contribution is -2.40. The number of pyridine rings is 1. The Balaban J connectivity index is 1.90. The van der Waals surface area contributed by atoms with E-state index in [-0.39, 0.29) is 5.54 Å². The SMILES string of the molecule is Clc1cnc2c(c1)NCCC1(CCCCC1)N2. The molecule has 0 aromatic carbocycles. The third kappa shape index (κ3) is 2.21. The van der Waals surface area contributed by atoms with Gasteiger partial charge >= 0.3 is 0 Å². The average molecular weight is 252 g/mol. The Morgan fingerprint density at radius 3 is 2.82 bits per heavy atom. The van der Waals surface area contributed by atoms with Gasteiger partial charge in [0.25, 0.3) is 0 Å². The van der Waals surface area contributed by atoms with Crippen LogP contribution in [0.4, 0.5) is 11.5 Å². The molecule has 1 fully saturated rings. The minimum Gasteiger partial charge on any atom is -0.382 e. The van der Waals surface area contributed by atoms with E-state index in [0.29, 0.717) is 5.02 Å². The zero-order valence-electron chi connectivity index (χ0n) is 9.93. The summed E-state index contributed by atoms with van der Waals surface area (Å²) in [6.07, 6.45) is 9.44. The lowest BCUT2D eigenvalue weighted by molar-refractivity contribution is 0.312. The number of halogens is 1. The molecule has 1 aliphatic carbocycles. The lowest BCUT2D eigenvalue weighted by atomic mass is 9.79. The highest BCUT2D eigenvalue weighted by atomic mass is 35.5. The summed E-state index contributed by atoms with van der Waals surface area (Å²) in [5.74, 6) is 0.966. The smallest absolute Gasteiger partial charge is 0.149 e. The predicted molar refractivity (Wildman–Crippen MR) is 71.8 cm³/mol. The fourth-order valence-corrected chi connectivity index (χ4v) is 3.19. The van der Waals surface area contributed by atoms with Crippen LogP contribution in [0.1, 0.15) is 38.5 Å². The van der Waals surface area contributed by atoms with E-state index in [0.717, 1.165) is 18.1 Å². The van der Waals surface area contributed by atoms with Crippen molar-refractivity contribution < 1.29 is 0 Å². The first-order valence-electron chi connectivity index (χ1n) is 6.45. The molecule has 4 heteroatoms. The van der Waals surface area contributed by atoms with Crippen molar-refractivity contribution in [3.63, 3.8) is 0 Å². The Morgan fingerprint density at radius 1 is 1.18 bits per heavy atom. The second-order valence-corrected chi connectivity index (χ2v) is 5.63. The monoisotopic (exact) mass is 251 g/mol. The number of nitrogens with zero attached hydrogens (tertiary/aromatic N) is 1. The van der Waals surface area contributed by atoms with Crippen molar-refractivity contribution in [2.75, 3.05) is 17.2 Å². The van der Waals surface area contributed by atoms with Crippen LogP contribution in [0, 0.1) is 0 Å². The number of nitrogens with one attached hydrogen (secondary N) is 2. The highest BCUT2D eigenvalue weighted by Gasteiger charge is 2.34. The largest absolute Gasteiger partial charge is 0.382 e. The van der Waals surface area contributed by atoms with Crippen LogP contribution in [0.3, 0.4) is 0 Å². The van der Waals surface area contributed by atoms with Gasteiger partial charge in [-0.05, 0) is 25.3 Å². The molecule has 1 aromatic heterocycles. The van der Waals surface area contributed by atoms with Crippen LogP contribution in [0.5, 0.6) is 0 Å². The standard InChI is InChI=1S/C13H18ClN3/c14-10-8-11-12(16-9-10)17-13(6-7-15-11)4-2-1-3-5-13/h8-9,15H,1-7H2,(H,16,17). The Kier molecular flexibility index (Phi) is 2.87. The number of anilines is 2. The second-order valence-electron chi connectivity index (χ2n) is 5.19. The summed E-state index contributed by atoms with van der Waals surface area (Å²) in [4.78, 5) is 4.42. The third-order valence-electron chi connectivity index (χ3n) is 3.97. The van der Waals surface area contributed by atoms with E-state index in [2.05, 4.69) is 15.6 Å². The van der Waals surface area contributed by atoms with Gasteiger partial charge in [-0.1, -0.05) is 30.9 Å². The van der Waals surface area contributed by atoms with Gasteiger partial charge in [0.2, 0.25) is 0 Å². The maximum atomic E-state index is 5.98. The molecule has 1 aliphatic heterocycles. The molecule has 2 aliphatic rings. The molecule has 3 nitrogen and oxygen atoms in total. The molecule has 1 saturated carbocycles. The van der Waals surface area contributed by atoms with Crippen LogP contribution >= 0.6 is 11.6 Å². The summed E-state index contributed by atoms with van der Waals surface area (Å²) in [6.45, 7) is 1.00. The van der Waals surface area contributed by atoms with Crippen LogP contribution in [0.15, 0.2) is 12.3 Å². The minimum absolute atomic E-state index is 0.261. The fourth-order valence-electron chi connectivity index (χ4n) is 3.03. The molecule has 2 N–H and O–H groups in total. The molecule has 0 saturated heterocycles. The first kappa shape index (κ1) is 11.1. The molecule has 3 rings (SSSR count). The maximum Gasteiger partial charge on any atom is 0.149 e. The number of hydrogen-bond acceptors (Lipinski definition) is 3. The van der Waals surface area contributed by atoms with Gasteiger partial charge in [-0.3, -0.25) is 0 Å². The first-order chi connectivity index (χ1) is 8.27. The molecular weight excluding hydrogens is 234 g/mol. The van der Waals surface area contributed by atoms with Crippen molar-refractivity contribution in [1.82, 2.24) is 4.98 Å². The molecule has 0 amide bonds. The van der Waals surface area contributed by atoms with Crippen LogP contribution in [-0.2, 0) is 0 Å². The van der Waals surface area contributed by atoms with Crippen molar-refractivity contribution in [1.29, 1.82) is 0 Å². The van der Waals surface area contributed by atoms with E-state index in [1.54, 1.807) is 6.20 Å². The summed E-state index contributed by atoms with van der Waals surface area (Å²) in [7, 11) is 0. The molecule has 0 atom stereocenters. The highest BCUT2D eigenvalue weighted by molar-refractivity contribution is 6.30. The van der Waals surface area contributed by atoms with Gasteiger partial charge in [-0.25, -0.2) is 4.98 Å². The van der Waals surface area contributed by atoms with Crippen molar-refractivity contribution in [3.05, 3.63) is 17.3 Å². The van der Waals surface area contributed by atoms with E-state index < -0.39 is 0 Å². The van der Waals surface area contributed by atoms with E-state index in [9.17, 15) is 0 Å². The van der Waals surface area contributed by atoms with Crippen molar-refractivity contribution >= 4 is 23.1 Å². The van der Waals surface area contributed by atoms with E-state index >= 15 is 0 Å². The quantitative estimate of drug-likeness (QED) is 0.739. The normalized spacial score (nSPS) is 22.2. The number of fused-ring (bicyclic) bond motifs is 1. The zero-order chi connectivity index (χ0) is 11.7. The van der Waals surface area contributed by atoms with Gasteiger partial charge in [0.15, 0.2) is 0 Å². The van der Waals surface area contributed by atoms with Gasteiger partial charge in [-0.15, -0.1) is 0 Å². The Morgan fingerprint density at radius 2 is 2.00 bits per heavy atom. The molecular formula is C13H18ClN3. The van der Waals surface area contributed by atoms with Crippen LogP contribution in [0.25, 0.3) is 0 Å². The minimum atomic E-state index is 0.261. The fraction of sp³-hybridized carbons (Fsp3) is 0.615. The summed E-state index contributed by atoms with van der Waals surface area (Å²) in [5, 5.41) is 7.79. The number of rotatable bonds is 0. The molecule has 1 aromatic rings. The van der Waals surface area contributed by atoms with E-state index in [4.69, 9.17) is 11.6 Å². The average Bonchev–Trinajstić information content (AvgIpc) is 2.49. The predicted octanol–water partition coefficient (Wildman–Crippen LogP) is 3.67. The molecule has 1 spiro atoms. The maximum absolute atomic E-state index is 5.98. The summed E-state index contributed by atoms with van der Waals surface area (Å²) in [5.41, 5.74) is 1.30. The van der Waals surface area contributed by atoms with E-state index in [1.807, 2.05) is 6.07 Å². The zero-order valence-corrected chi connectivity index (χ0v) is 10.7. The van der Waals surface area contributed by atoms with Crippen molar-refractivity contribution in [3.8, 4) is 0 Å². The Bertz CT molecular complexity index is 413. The van der Waals surface area contributed by atoms with Gasteiger partial charge in [-0.2, -0.15) is 0 Å². The summed E-state index contributed by atoms with van der Waals surface area (Å²) >= 11 is 5.98. The van der Waals surface area contributed by atoms with Gasteiger partial charge in [0, 0.05) is 18.3 Å². The van der Waals surface area contributed by atoms with Crippen molar-refractivity contribution in [2.45, 2.75) is 44.1 Å². The first-order valence-corrected chi connectivity index (χ1v) is 6.83. The number of aromatic nitrogens is 1. The molecule has 0 bridgehead atoms.